The summed E-state index contributed by atoms with van der Waals surface area (Å²) in [5.41, 5.74) is 3.78. The van der Waals surface area contributed by atoms with Crippen molar-refractivity contribution in [3.63, 3.8) is 0 Å². The highest BCUT2D eigenvalue weighted by atomic mass is 32.2. The van der Waals surface area contributed by atoms with Gasteiger partial charge >= 0.3 is 0 Å². The molecule has 1 aliphatic rings. The third kappa shape index (κ3) is 2.89. The van der Waals surface area contributed by atoms with Crippen LogP contribution in [0, 0.1) is 5.92 Å². The summed E-state index contributed by atoms with van der Waals surface area (Å²) in [6.45, 7) is 1.44. The molecule has 1 saturated heterocycles. The molecular weight excluding hydrogens is 252 g/mol. The lowest BCUT2D eigenvalue weighted by Gasteiger charge is -2.22. The number of sulfone groups is 1. The quantitative estimate of drug-likeness (QED) is 0.619. The fourth-order valence-electron chi connectivity index (χ4n) is 2.24. The highest BCUT2D eigenvalue weighted by Crippen LogP contribution is 2.28. The van der Waals surface area contributed by atoms with Crippen molar-refractivity contribution in [3.05, 3.63) is 29.8 Å². The monoisotopic (exact) mass is 270 g/mol. The van der Waals surface area contributed by atoms with Crippen LogP contribution in [0.2, 0.25) is 0 Å². The Labute approximate surface area is 107 Å². The van der Waals surface area contributed by atoms with Gasteiger partial charge in [0.1, 0.15) is 0 Å². The Bertz CT molecular complexity index is 493. The van der Waals surface area contributed by atoms with Crippen LogP contribution >= 0.6 is 0 Å². The summed E-state index contributed by atoms with van der Waals surface area (Å²) in [5, 5.41) is 0. The van der Waals surface area contributed by atoms with Crippen LogP contribution < -0.4 is 11.3 Å². The predicted octanol–water partition coefficient (Wildman–Crippen LogP) is 0.631. The van der Waals surface area contributed by atoms with E-state index in [1.807, 2.05) is 0 Å². The van der Waals surface area contributed by atoms with Crippen LogP contribution in [0.15, 0.2) is 29.2 Å². The Morgan fingerprint density at radius 3 is 2.50 bits per heavy atom. The van der Waals surface area contributed by atoms with Gasteiger partial charge < -0.3 is 4.74 Å². The van der Waals surface area contributed by atoms with Crippen LogP contribution in [0.25, 0.3) is 0 Å². The van der Waals surface area contributed by atoms with Gasteiger partial charge in [0.2, 0.25) is 0 Å². The van der Waals surface area contributed by atoms with Gasteiger partial charge in [-0.25, -0.2) is 8.42 Å². The lowest BCUT2D eigenvalue weighted by atomic mass is 9.93. The van der Waals surface area contributed by atoms with Gasteiger partial charge in [-0.2, -0.15) is 0 Å². The number of ether oxygens (including phenoxy) is 1. The van der Waals surface area contributed by atoms with Crippen molar-refractivity contribution in [1.82, 2.24) is 5.43 Å². The summed E-state index contributed by atoms with van der Waals surface area (Å²) in [6.07, 6.45) is 2.16. The molecule has 0 bridgehead atoms. The molecule has 3 N–H and O–H groups in total. The van der Waals surface area contributed by atoms with E-state index in [-0.39, 0.29) is 6.04 Å². The van der Waals surface area contributed by atoms with Crippen LogP contribution in [-0.2, 0) is 14.6 Å². The molecule has 2 rings (SSSR count). The van der Waals surface area contributed by atoms with Gasteiger partial charge in [-0.15, -0.1) is 0 Å². The van der Waals surface area contributed by atoms with Crippen molar-refractivity contribution >= 4 is 9.84 Å². The van der Waals surface area contributed by atoms with E-state index in [0.29, 0.717) is 17.4 Å². The summed E-state index contributed by atoms with van der Waals surface area (Å²) in [4.78, 5) is 0.324. The number of nitrogens with one attached hydrogen (secondary N) is 1. The van der Waals surface area contributed by atoms with Gasteiger partial charge in [0.15, 0.2) is 9.84 Å². The van der Waals surface area contributed by atoms with Crippen molar-refractivity contribution in [2.24, 2.45) is 11.8 Å². The van der Waals surface area contributed by atoms with Crippen LogP contribution in [0.4, 0.5) is 0 Å². The zero-order chi connectivity index (χ0) is 13.2. The van der Waals surface area contributed by atoms with E-state index in [0.717, 1.165) is 18.6 Å². The third-order valence-corrected chi connectivity index (χ3v) is 4.41. The van der Waals surface area contributed by atoms with E-state index in [4.69, 9.17) is 10.6 Å². The van der Waals surface area contributed by atoms with E-state index in [1.54, 1.807) is 24.3 Å². The molecule has 0 radical (unpaired) electrons. The first kappa shape index (κ1) is 13.5. The minimum Gasteiger partial charge on any atom is -0.381 e. The van der Waals surface area contributed by atoms with E-state index in [1.165, 1.54) is 6.26 Å². The Hall–Kier alpha value is -0.950. The topological polar surface area (TPSA) is 81.4 Å². The third-order valence-electron chi connectivity index (χ3n) is 3.28. The molecule has 0 aliphatic carbocycles. The first-order chi connectivity index (χ1) is 8.52. The molecule has 1 fully saturated rings. The zero-order valence-electron chi connectivity index (χ0n) is 10.3. The van der Waals surface area contributed by atoms with Gasteiger partial charge in [0.25, 0.3) is 0 Å². The van der Waals surface area contributed by atoms with Gasteiger partial charge in [-0.3, -0.25) is 11.3 Å². The fraction of sp³-hybridized carbons (Fsp3) is 0.500. The molecule has 6 heteroatoms. The van der Waals surface area contributed by atoms with E-state index >= 15 is 0 Å². The van der Waals surface area contributed by atoms with E-state index in [9.17, 15) is 8.42 Å². The van der Waals surface area contributed by atoms with Crippen LogP contribution in [0.1, 0.15) is 18.0 Å². The largest absolute Gasteiger partial charge is 0.381 e. The normalized spacial score (nSPS) is 22.0. The molecule has 0 saturated carbocycles. The second kappa shape index (κ2) is 5.36. The number of hydrazine groups is 1. The molecule has 2 atom stereocenters. The smallest absolute Gasteiger partial charge is 0.175 e. The average molecular weight is 270 g/mol. The van der Waals surface area contributed by atoms with E-state index < -0.39 is 9.84 Å². The highest BCUT2D eigenvalue weighted by Gasteiger charge is 2.26. The minimum atomic E-state index is -3.15. The maximum atomic E-state index is 11.4. The molecule has 0 spiro atoms. The predicted molar refractivity (Wildman–Crippen MR) is 68.5 cm³/mol. The van der Waals surface area contributed by atoms with Gasteiger partial charge in [0.05, 0.1) is 17.5 Å². The number of hydrogen-bond acceptors (Lipinski definition) is 5. The molecule has 0 amide bonds. The molecule has 1 aromatic rings. The molecule has 1 heterocycles. The zero-order valence-corrected chi connectivity index (χ0v) is 11.1. The summed E-state index contributed by atoms with van der Waals surface area (Å²) >= 11 is 0. The van der Waals surface area contributed by atoms with Crippen molar-refractivity contribution in [2.75, 3.05) is 19.5 Å². The Morgan fingerprint density at radius 1 is 1.39 bits per heavy atom. The molecule has 100 valence electrons. The fourth-order valence-corrected chi connectivity index (χ4v) is 2.87. The Kier molecular flexibility index (Phi) is 4.01. The van der Waals surface area contributed by atoms with Gasteiger partial charge in [0, 0.05) is 18.8 Å². The molecule has 1 aromatic carbocycles. The van der Waals surface area contributed by atoms with Crippen molar-refractivity contribution in [2.45, 2.75) is 17.4 Å². The van der Waals surface area contributed by atoms with Crippen LogP contribution in [0.3, 0.4) is 0 Å². The molecule has 2 unspecified atom stereocenters. The first-order valence-electron chi connectivity index (χ1n) is 5.86. The van der Waals surface area contributed by atoms with Gasteiger partial charge in [-0.1, -0.05) is 12.1 Å². The lowest BCUT2D eigenvalue weighted by Crippen LogP contribution is -2.33. The van der Waals surface area contributed by atoms with E-state index in [2.05, 4.69) is 5.43 Å². The lowest BCUT2D eigenvalue weighted by molar-refractivity contribution is 0.177. The Morgan fingerprint density at radius 2 is 2.06 bits per heavy atom. The number of nitrogens with two attached hydrogens (primary N) is 1. The molecular formula is C12H18N2O3S. The van der Waals surface area contributed by atoms with Crippen molar-refractivity contribution in [3.8, 4) is 0 Å². The highest BCUT2D eigenvalue weighted by molar-refractivity contribution is 7.90. The van der Waals surface area contributed by atoms with Crippen LogP contribution in [0.5, 0.6) is 0 Å². The molecule has 5 nitrogen and oxygen atoms in total. The average Bonchev–Trinajstić information content (AvgIpc) is 2.83. The SMILES string of the molecule is CS(=O)(=O)c1ccc(C(NN)C2CCOC2)cc1. The van der Waals surface area contributed by atoms with Crippen LogP contribution in [-0.4, -0.2) is 27.9 Å². The maximum Gasteiger partial charge on any atom is 0.175 e. The molecule has 0 aromatic heterocycles. The number of rotatable bonds is 4. The summed E-state index contributed by atoms with van der Waals surface area (Å²) in [6, 6.07) is 6.84. The maximum absolute atomic E-state index is 11.4. The minimum absolute atomic E-state index is 0.00103. The summed E-state index contributed by atoms with van der Waals surface area (Å²) in [5.74, 6) is 5.92. The molecule has 18 heavy (non-hydrogen) atoms. The number of hydrogen-bond donors (Lipinski definition) is 2. The summed E-state index contributed by atoms with van der Waals surface area (Å²) < 4.78 is 28.1. The standard InChI is InChI=1S/C12H18N2O3S/c1-18(15,16)11-4-2-9(3-5-11)12(14-13)10-6-7-17-8-10/h2-5,10,12,14H,6-8,13H2,1H3. The second-order valence-electron chi connectivity index (χ2n) is 4.61. The molecule has 1 aliphatic heterocycles. The van der Waals surface area contributed by atoms with Crippen molar-refractivity contribution in [1.29, 1.82) is 0 Å². The van der Waals surface area contributed by atoms with Gasteiger partial charge in [-0.05, 0) is 24.1 Å². The second-order valence-corrected chi connectivity index (χ2v) is 6.62. The summed E-state index contributed by atoms with van der Waals surface area (Å²) in [7, 11) is -3.15. The Balaban J connectivity index is 2.21. The van der Waals surface area contributed by atoms with Crippen molar-refractivity contribution < 1.29 is 13.2 Å². The number of benzene rings is 1. The first-order valence-corrected chi connectivity index (χ1v) is 7.75.